The van der Waals surface area contributed by atoms with Crippen LogP contribution in [0.5, 0.6) is 17.2 Å². The fourth-order valence-electron chi connectivity index (χ4n) is 1.63. The lowest BCUT2D eigenvalue weighted by atomic mass is 10.1. The van der Waals surface area contributed by atoms with Crippen LogP contribution in [0.1, 0.15) is 12.5 Å². The Morgan fingerprint density at radius 1 is 1.32 bits per heavy atom. The number of benzene rings is 1. The largest absolute Gasteiger partial charge is 0.502 e. The smallest absolute Gasteiger partial charge is 0.236 e. The van der Waals surface area contributed by atoms with Crippen molar-refractivity contribution in [3.05, 3.63) is 17.7 Å². The lowest BCUT2D eigenvalue weighted by Gasteiger charge is -2.14. The summed E-state index contributed by atoms with van der Waals surface area (Å²) in [6.45, 7) is 2.23. The molecule has 19 heavy (non-hydrogen) atoms. The number of phenols is 1. The molecular weight excluding hydrogens is 248 g/mol. The van der Waals surface area contributed by atoms with Crippen molar-refractivity contribution in [3.63, 3.8) is 0 Å². The number of hydrogen-bond donors (Lipinski definition) is 3. The fourth-order valence-corrected chi connectivity index (χ4v) is 1.63. The van der Waals surface area contributed by atoms with E-state index in [0.717, 1.165) is 5.56 Å². The summed E-state index contributed by atoms with van der Waals surface area (Å²) in [6, 6.07) is 3.08. The molecule has 0 heterocycles. The number of hydrogen-bond acceptors (Lipinski definition) is 5. The van der Waals surface area contributed by atoms with Crippen LogP contribution in [-0.2, 0) is 11.3 Å². The van der Waals surface area contributed by atoms with Crippen molar-refractivity contribution in [3.8, 4) is 17.2 Å². The van der Waals surface area contributed by atoms with Crippen molar-refractivity contribution < 1.29 is 19.4 Å². The van der Waals surface area contributed by atoms with Crippen LogP contribution in [0.15, 0.2) is 12.1 Å². The monoisotopic (exact) mass is 268 g/mol. The van der Waals surface area contributed by atoms with Gasteiger partial charge in [0.1, 0.15) is 0 Å². The maximum Gasteiger partial charge on any atom is 0.236 e. The Morgan fingerprint density at radius 2 is 1.84 bits per heavy atom. The summed E-state index contributed by atoms with van der Waals surface area (Å²) in [5.74, 6) is 0.554. The predicted molar refractivity (Wildman–Crippen MR) is 71.6 cm³/mol. The molecule has 0 aliphatic carbocycles. The minimum atomic E-state index is -0.309. The number of amides is 1. The third-order valence-electron chi connectivity index (χ3n) is 2.79. The second-order valence-electron chi connectivity index (χ2n) is 4.07. The van der Waals surface area contributed by atoms with Gasteiger partial charge >= 0.3 is 0 Å². The van der Waals surface area contributed by atoms with Gasteiger partial charge in [0.15, 0.2) is 11.5 Å². The second kappa shape index (κ2) is 6.84. The average molecular weight is 268 g/mol. The molecule has 0 aromatic heterocycles. The number of methoxy groups -OCH3 is 2. The SMILES string of the molecule is CNC(=O)C(C)NCc1cc(OC)c(O)c(OC)c1. The third kappa shape index (κ3) is 3.75. The zero-order chi connectivity index (χ0) is 14.4. The van der Waals surface area contributed by atoms with E-state index >= 15 is 0 Å². The highest BCUT2D eigenvalue weighted by Gasteiger charge is 2.13. The van der Waals surface area contributed by atoms with E-state index < -0.39 is 0 Å². The molecule has 0 aliphatic heterocycles. The molecule has 1 aromatic rings. The number of carbonyl (C=O) groups is 1. The molecule has 0 saturated heterocycles. The summed E-state index contributed by atoms with van der Waals surface area (Å²) < 4.78 is 10.1. The first kappa shape index (κ1) is 15.1. The minimum absolute atomic E-state index is 0.0342. The molecule has 1 rings (SSSR count). The van der Waals surface area contributed by atoms with Gasteiger partial charge in [-0.05, 0) is 24.6 Å². The highest BCUT2D eigenvalue weighted by molar-refractivity contribution is 5.80. The van der Waals surface area contributed by atoms with Gasteiger partial charge in [-0.2, -0.15) is 0 Å². The van der Waals surface area contributed by atoms with Crippen molar-refractivity contribution in [2.75, 3.05) is 21.3 Å². The number of rotatable bonds is 6. The van der Waals surface area contributed by atoms with Crippen molar-refractivity contribution >= 4 is 5.91 Å². The quantitative estimate of drug-likeness (QED) is 0.705. The van der Waals surface area contributed by atoms with Gasteiger partial charge in [-0.25, -0.2) is 0 Å². The Labute approximate surface area is 112 Å². The molecule has 1 atom stereocenters. The van der Waals surface area contributed by atoms with Crippen LogP contribution in [0.2, 0.25) is 0 Å². The van der Waals surface area contributed by atoms with Crippen LogP contribution >= 0.6 is 0 Å². The van der Waals surface area contributed by atoms with Gasteiger partial charge in [0.05, 0.1) is 20.3 Å². The minimum Gasteiger partial charge on any atom is -0.502 e. The van der Waals surface area contributed by atoms with E-state index in [1.54, 1.807) is 26.1 Å². The highest BCUT2D eigenvalue weighted by Crippen LogP contribution is 2.36. The molecule has 1 amide bonds. The molecular formula is C13H20N2O4. The van der Waals surface area contributed by atoms with E-state index in [1.807, 2.05) is 0 Å². The van der Waals surface area contributed by atoms with Crippen molar-refractivity contribution in [2.45, 2.75) is 19.5 Å². The number of nitrogens with one attached hydrogen (secondary N) is 2. The topological polar surface area (TPSA) is 79.8 Å². The average Bonchev–Trinajstić information content (AvgIpc) is 2.44. The van der Waals surface area contributed by atoms with Gasteiger partial charge in [0.2, 0.25) is 11.7 Å². The summed E-state index contributed by atoms with van der Waals surface area (Å²) in [5.41, 5.74) is 0.849. The number of likely N-dealkylation sites (N-methyl/N-ethyl adjacent to an activating group) is 1. The van der Waals surface area contributed by atoms with Crippen LogP contribution in [-0.4, -0.2) is 38.3 Å². The van der Waals surface area contributed by atoms with E-state index in [0.29, 0.717) is 18.0 Å². The molecule has 1 unspecified atom stereocenters. The van der Waals surface area contributed by atoms with E-state index in [4.69, 9.17) is 9.47 Å². The van der Waals surface area contributed by atoms with Gasteiger partial charge in [-0.3, -0.25) is 4.79 Å². The van der Waals surface area contributed by atoms with Gasteiger partial charge in [0, 0.05) is 13.6 Å². The first-order valence-electron chi connectivity index (χ1n) is 5.92. The Kier molecular flexibility index (Phi) is 5.44. The molecule has 106 valence electrons. The normalized spacial score (nSPS) is 11.8. The molecule has 0 bridgehead atoms. The third-order valence-corrected chi connectivity index (χ3v) is 2.79. The maximum atomic E-state index is 11.4. The van der Waals surface area contributed by atoms with Crippen molar-refractivity contribution in [2.24, 2.45) is 0 Å². The Bertz CT molecular complexity index is 423. The van der Waals surface area contributed by atoms with E-state index in [9.17, 15) is 9.90 Å². The summed E-state index contributed by atoms with van der Waals surface area (Å²) in [7, 11) is 4.53. The Balaban J connectivity index is 2.81. The summed E-state index contributed by atoms with van der Waals surface area (Å²) >= 11 is 0. The predicted octanol–water partition coefficient (Wildman–Crippen LogP) is 0.633. The summed E-state index contributed by atoms with van der Waals surface area (Å²) in [6.07, 6.45) is 0. The first-order valence-corrected chi connectivity index (χ1v) is 5.92. The molecule has 0 saturated carbocycles. The lowest BCUT2D eigenvalue weighted by molar-refractivity contribution is -0.122. The molecule has 6 heteroatoms. The number of phenolic OH excluding ortho intramolecular Hbond substituents is 1. The fraction of sp³-hybridized carbons (Fsp3) is 0.462. The number of aromatic hydroxyl groups is 1. The molecule has 0 aliphatic rings. The van der Waals surface area contributed by atoms with Crippen LogP contribution in [0.25, 0.3) is 0 Å². The Morgan fingerprint density at radius 3 is 2.26 bits per heavy atom. The maximum absolute atomic E-state index is 11.4. The molecule has 3 N–H and O–H groups in total. The van der Waals surface area contributed by atoms with Crippen molar-refractivity contribution in [1.82, 2.24) is 10.6 Å². The molecule has 0 spiro atoms. The van der Waals surface area contributed by atoms with E-state index in [1.165, 1.54) is 14.2 Å². The van der Waals surface area contributed by atoms with Gasteiger partial charge in [-0.15, -0.1) is 0 Å². The van der Waals surface area contributed by atoms with Gasteiger partial charge < -0.3 is 25.2 Å². The number of carbonyl (C=O) groups excluding carboxylic acids is 1. The summed E-state index contributed by atoms with van der Waals surface area (Å²) in [5, 5.41) is 15.4. The molecule has 0 fully saturated rings. The van der Waals surface area contributed by atoms with E-state index in [2.05, 4.69) is 10.6 Å². The van der Waals surface area contributed by atoms with E-state index in [-0.39, 0.29) is 17.7 Å². The zero-order valence-electron chi connectivity index (χ0n) is 11.6. The first-order chi connectivity index (χ1) is 9.03. The van der Waals surface area contributed by atoms with Crippen molar-refractivity contribution in [1.29, 1.82) is 0 Å². The lowest BCUT2D eigenvalue weighted by Crippen LogP contribution is -2.40. The Hall–Kier alpha value is -1.95. The standard InChI is InChI=1S/C13H20N2O4/c1-8(13(17)14-2)15-7-9-5-10(18-3)12(16)11(6-9)19-4/h5-6,8,15-16H,7H2,1-4H3,(H,14,17). The second-order valence-corrected chi connectivity index (χ2v) is 4.07. The van der Waals surface area contributed by atoms with Crippen LogP contribution in [0.4, 0.5) is 0 Å². The van der Waals surface area contributed by atoms with Crippen LogP contribution in [0, 0.1) is 0 Å². The highest BCUT2D eigenvalue weighted by atomic mass is 16.5. The molecule has 0 radical (unpaired) electrons. The van der Waals surface area contributed by atoms with Gasteiger partial charge in [0.25, 0.3) is 0 Å². The number of ether oxygens (including phenoxy) is 2. The molecule has 6 nitrogen and oxygen atoms in total. The summed E-state index contributed by atoms with van der Waals surface area (Å²) in [4.78, 5) is 11.4. The van der Waals surface area contributed by atoms with Gasteiger partial charge in [-0.1, -0.05) is 0 Å². The zero-order valence-corrected chi connectivity index (χ0v) is 11.6. The van der Waals surface area contributed by atoms with Crippen LogP contribution < -0.4 is 20.1 Å². The van der Waals surface area contributed by atoms with Crippen LogP contribution in [0.3, 0.4) is 0 Å². The molecule has 1 aromatic carbocycles.